The van der Waals surface area contributed by atoms with Crippen molar-refractivity contribution in [3.8, 4) is 0 Å². The summed E-state index contributed by atoms with van der Waals surface area (Å²) in [5, 5.41) is 0. The lowest BCUT2D eigenvalue weighted by molar-refractivity contribution is -0.143. The molecule has 1 aromatic rings. The van der Waals surface area contributed by atoms with Crippen LogP contribution in [0, 0.1) is 17.8 Å². The number of rotatable bonds is 6. The van der Waals surface area contributed by atoms with Gasteiger partial charge in [-0.25, -0.2) is 17.9 Å². The van der Waals surface area contributed by atoms with E-state index in [2.05, 4.69) is 0 Å². The molecule has 1 saturated carbocycles. The molecule has 1 aliphatic heterocycles. The quantitative estimate of drug-likeness (QED) is 0.383. The van der Waals surface area contributed by atoms with Gasteiger partial charge < -0.3 is 9.64 Å². The molecule has 2 unspecified atom stereocenters. The van der Waals surface area contributed by atoms with Gasteiger partial charge in [0.15, 0.2) is 0 Å². The Hall–Kier alpha value is -2.51. The van der Waals surface area contributed by atoms with Gasteiger partial charge in [0.2, 0.25) is 5.91 Å². The minimum absolute atomic E-state index is 0.0623. The minimum Gasteiger partial charge on any atom is -0.449 e. The molecule has 208 valence electrons. The van der Waals surface area contributed by atoms with E-state index >= 15 is 0 Å². The lowest BCUT2D eigenvalue weighted by atomic mass is 9.76. The SMILES string of the molecule is CCCCOC(=O)N1CC2CCCCC(C1)C2C(=O)NS(=O)(=O)c1cc(C(F)(F)F)cc(C(F)(F)F)c1. The van der Waals surface area contributed by atoms with Crippen LogP contribution in [0.5, 0.6) is 0 Å². The van der Waals surface area contributed by atoms with Gasteiger partial charge in [-0.2, -0.15) is 26.3 Å². The number of nitrogens with one attached hydrogen (secondary N) is 1. The summed E-state index contributed by atoms with van der Waals surface area (Å²) in [5.41, 5.74) is -3.61. The third kappa shape index (κ3) is 7.08. The number of carbonyl (C=O) groups is 2. The highest BCUT2D eigenvalue weighted by molar-refractivity contribution is 7.90. The van der Waals surface area contributed by atoms with Crippen LogP contribution in [-0.2, 0) is 31.9 Å². The van der Waals surface area contributed by atoms with Gasteiger partial charge in [0, 0.05) is 19.0 Å². The van der Waals surface area contributed by atoms with E-state index in [0.717, 1.165) is 19.3 Å². The second kappa shape index (κ2) is 11.1. The molecule has 1 aromatic carbocycles. The summed E-state index contributed by atoms with van der Waals surface area (Å²) in [6.07, 6.45) is -7.10. The molecule has 7 nitrogen and oxygen atoms in total. The van der Waals surface area contributed by atoms with Crippen LogP contribution >= 0.6 is 0 Å². The summed E-state index contributed by atoms with van der Waals surface area (Å²) >= 11 is 0. The Labute approximate surface area is 210 Å². The van der Waals surface area contributed by atoms with Crippen LogP contribution in [0.2, 0.25) is 0 Å². The summed E-state index contributed by atoms with van der Waals surface area (Å²) < 4.78 is 112. The summed E-state index contributed by atoms with van der Waals surface area (Å²) in [6, 6.07) is -0.0651. The molecule has 37 heavy (non-hydrogen) atoms. The number of unbranched alkanes of at least 4 members (excludes halogenated alkanes) is 1. The number of sulfonamides is 1. The topological polar surface area (TPSA) is 92.8 Å². The molecule has 3 rings (SSSR count). The molecule has 1 saturated heterocycles. The number of ether oxygens (including phenoxy) is 1. The molecule has 14 heteroatoms. The van der Waals surface area contributed by atoms with Crippen LogP contribution < -0.4 is 4.72 Å². The standard InChI is InChI=1S/C23H28F6N2O5S/c1-2-3-8-36-21(33)31-12-14-6-4-5-7-15(13-31)19(14)20(32)30-37(34,35)18-10-16(22(24,25)26)9-17(11-18)23(27,28)29/h9-11,14-15,19H,2-8,12-13H2,1H3,(H,30,32). The largest absolute Gasteiger partial charge is 0.449 e. The Balaban J connectivity index is 1.84. The molecule has 2 amide bonds. The van der Waals surface area contributed by atoms with Gasteiger partial charge in [0.1, 0.15) is 0 Å². The van der Waals surface area contributed by atoms with Gasteiger partial charge in [0.05, 0.1) is 22.6 Å². The first-order valence-electron chi connectivity index (χ1n) is 11.9. The first-order chi connectivity index (χ1) is 17.1. The number of benzene rings is 1. The van der Waals surface area contributed by atoms with Crippen LogP contribution in [0.4, 0.5) is 31.1 Å². The van der Waals surface area contributed by atoms with Crippen molar-refractivity contribution in [2.24, 2.45) is 17.8 Å². The maximum absolute atomic E-state index is 13.2. The van der Waals surface area contributed by atoms with Crippen molar-refractivity contribution in [3.05, 3.63) is 29.3 Å². The average Bonchev–Trinajstić information content (AvgIpc) is 2.92. The maximum Gasteiger partial charge on any atom is 0.416 e. The predicted octanol–water partition coefficient (Wildman–Crippen LogP) is 5.20. The lowest BCUT2D eigenvalue weighted by Crippen LogP contribution is -2.53. The molecule has 2 aliphatic rings. The Morgan fingerprint density at radius 1 is 0.973 bits per heavy atom. The van der Waals surface area contributed by atoms with E-state index in [1.807, 2.05) is 6.92 Å². The zero-order chi connectivity index (χ0) is 27.6. The van der Waals surface area contributed by atoms with Gasteiger partial charge >= 0.3 is 18.4 Å². The van der Waals surface area contributed by atoms with Crippen molar-refractivity contribution in [1.82, 2.24) is 9.62 Å². The molecule has 1 aliphatic carbocycles. The fourth-order valence-electron chi connectivity index (χ4n) is 4.92. The number of piperidine rings is 1. The van der Waals surface area contributed by atoms with E-state index in [0.29, 0.717) is 19.3 Å². The zero-order valence-corrected chi connectivity index (χ0v) is 20.8. The highest BCUT2D eigenvalue weighted by atomic mass is 32.2. The van der Waals surface area contributed by atoms with Crippen LogP contribution in [-0.4, -0.2) is 45.0 Å². The van der Waals surface area contributed by atoms with E-state index in [9.17, 15) is 44.3 Å². The van der Waals surface area contributed by atoms with Crippen LogP contribution in [0.1, 0.15) is 56.6 Å². The van der Waals surface area contributed by atoms with E-state index in [1.165, 1.54) is 4.90 Å². The molecule has 2 bridgehead atoms. The Morgan fingerprint density at radius 3 is 1.95 bits per heavy atom. The number of amides is 2. The number of halogens is 6. The molecule has 2 atom stereocenters. The first kappa shape index (κ1) is 29.1. The lowest BCUT2D eigenvalue weighted by Gasteiger charge is -2.41. The number of hydrogen-bond donors (Lipinski definition) is 1. The van der Waals surface area contributed by atoms with E-state index in [4.69, 9.17) is 4.74 Å². The summed E-state index contributed by atoms with van der Waals surface area (Å²) in [5.74, 6) is -2.78. The smallest absolute Gasteiger partial charge is 0.416 e. The third-order valence-electron chi connectivity index (χ3n) is 6.72. The van der Waals surface area contributed by atoms with Crippen molar-refractivity contribution in [2.75, 3.05) is 19.7 Å². The second-order valence-electron chi connectivity index (χ2n) is 9.41. The molecule has 0 spiro atoms. The van der Waals surface area contributed by atoms with Crippen LogP contribution in [0.3, 0.4) is 0 Å². The highest BCUT2D eigenvalue weighted by Crippen LogP contribution is 2.40. The van der Waals surface area contributed by atoms with Crippen LogP contribution in [0.15, 0.2) is 23.1 Å². The van der Waals surface area contributed by atoms with Gasteiger partial charge in [-0.1, -0.05) is 26.2 Å². The number of fused-ring (bicyclic) bond motifs is 2. The number of hydrogen-bond acceptors (Lipinski definition) is 5. The normalized spacial score (nSPS) is 22.8. The van der Waals surface area contributed by atoms with Gasteiger partial charge in [-0.15, -0.1) is 0 Å². The molecule has 2 fully saturated rings. The Kier molecular flexibility index (Phi) is 8.70. The fourth-order valence-corrected chi connectivity index (χ4v) is 6.00. The second-order valence-corrected chi connectivity index (χ2v) is 11.1. The highest BCUT2D eigenvalue weighted by Gasteiger charge is 2.45. The van der Waals surface area contributed by atoms with Crippen molar-refractivity contribution in [2.45, 2.75) is 62.7 Å². The summed E-state index contributed by atoms with van der Waals surface area (Å²) in [6.45, 7) is 2.42. The van der Waals surface area contributed by atoms with Gasteiger partial charge in [0.25, 0.3) is 10.0 Å². The van der Waals surface area contributed by atoms with Crippen molar-refractivity contribution in [3.63, 3.8) is 0 Å². The van der Waals surface area contributed by atoms with Crippen molar-refractivity contribution >= 4 is 22.0 Å². The molecular weight excluding hydrogens is 530 g/mol. The van der Waals surface area contributed by atoms with E-state index < -0.39 is 68.2 Å². The zero-order valence-electron chi connectivity index (χ0n) is 20.0. The van der Waals surface area contributed by atoms with E-state index in [-0.39, 0.29) is 37.9 Å². The third-order valence-corrected chi connectivity index (χ3v) is 8.04. The monoisotopic (exact) mass is 558 g/mol. The number of likely N-dealkylation sites (tertiary alicyclic amines) is 1. The fraction of sp³-hybridized carbons (Fsp3) is 0.652. The van der Waals surface area contributed by atoms with Gasteiger partial charge in [-0.05, 0) is 49.3 Å². The molecule has 0 radical (unpaired) electrons. The molecular formula is C23H28F6N2O5S. The molecule has 1 heterocycles. The molecule has 0 aromatic heterocycles. The minimum atomic E-state index is -5.25. The van der Waals surface area contributed by atoms with Gasteiger partial charge in [-0.3, -0.25) is 4.79 Å². The number of carbonyl (C=O) groups excluding carboxylic acids is 2. The van der Waals surface area contributed by atoms with Crippen molar-refractivity contribution < 1.29 is 49.1 Å². The Bertz CT molecular complexity index is 1060. The maximum atomic E-state index is 13.2. The summed E-state index contributed by atoms with van der Waals surface area (Å²) in [7, 11) is -5.07. The average molecular weight is 559 g/mol. The molecule has 1 N–H and O–H groups in total. The Morgan fingerprint density at radius 2 is 1.49 bits per heavy atom. The van der Waals surface area contributed by atoms with Crippen LogP contribution in [0.25, 0.3) is 0 Å². The predicted molar refractivity (Wildman–Crippen MR) is 119 cm³/mol. The van der Waals surface area contributed by atoms with Crippen molar-refractivity contribution in [1.29, 1.82) is 0 Å². The first-order valence-corrected chi connectivity index (χ1v) is 13.4. The number of alkyl halides is 6. The number of nitrogens with zero attached hydrogens (tertiary/aromatic N) is 1. The summed E-state index contributed by atoms with van der Waals surface area (Å²) in [4.78, 5) is 25.7. The van der Waals surface area contributed by atoms with E-state index in [1.54, 1.807) is 4.72 Å².